The van der Waals surface area contributed by atoms with E-state index in [2.05, 4.69) is 10.6 Å². The zero-order valence-corrected chi connectivity index (χ0v) is 12.6. The monoisotopic (exact) mass is 269 g/mol. The molecule has 19 heavy (non-hydrogen) atoms. The average molecular weight is 269 g/mol. The maximum absolute atomic E-state index is 12.2. The Bertz CT molecular complexity index is 315. The summed E-state index contributed by atoms with van der Waals surface area (Å²) in [5, 5.41) is 6.13. The fraction of sp³-hybridized carbons (Fsp3) is 0.857. The van der Waals surface area contributed by atoms with E-state index in [-0.39, 0.29) is 29.9 Å². The Labute approximate surface area is 116 Å². The summed E-state index contributed by atoms with van der Waals surface area (Å²) in [6.45, 7) is 6.80. The molecule has 0 aromatic carbocycles. The summed E-state index contributed by atoms with van der Waals surface area (Å²) in [4.78, 5) is 25.6. The molecule has 5 nitrogen and oxygen atoms in total. The highest BCUT2D eigenvalue weighted by atomic mass is 16.2. The Hall–Kier alpha value is -1.10. The van der Waals surface area contributed by atoms with Crippen molar-refractivity contribution in [3.63, 3.8) is 0 Å². The van der Waals surface area contributed by atoms with E-state index in [0.717, 1.165) is 25.8 Å². The van der Waals surface area contributed by atoms with Gasteiger partial charge >= 0.3 is 0 Å². The topological polar surface area (TPSA) is 61.4 Å². The Morgan fingerprint density at radius 1 is 1.26 bits per heavy atom. The fourth-order valence-corrected chi connectivity index (χ4v) is 2.26. The van der Waals surface area contributed by atoms with Gasteiger partial charge in [0, 0.05) is 12.6 Å². The lowest BCUT2D eigenvalue weighted by Gasteiger charge is -2.26. The van der Waals surface area contributed by atoms with E-state index in [9.17, 15) is 9.59 Å². The fourth-order valence-electron chi connectivity index (χ4n) is 2.26. The normalized spacial score (nSPS) is 20.5. The van der Waals surface area contributed by atoms with Gasteiger partial charge in [0.1, 0.15) is 0 Å². The van der Waals surface area contributed by atoms with Crippen molar-refractivity contribution in [3.05, 3.63) is 0 Å². The van der Waals surface area contributed by atoms with E-state index in [1.807, 2.05) is 20.8 Å². The van der Waals surface area contributed by atoms with Crippen molar-refractivity contribution < 1.29 is 9.59 Å². The molecule has 0 radical (unpaired) electrons. The molecular weight excluding hydrogens is 242 g/mol. The van der Waals surface area contributed by atoms with Crippen molar-refractivity contribution in [1.29, 1.82) is 0 Å². The van der Waals surface area contributed by atoms with Crippen LogP contribution in [0.15, 0.2) is 0 Å². The standard InChI is InChI=1S/C14H27N3O2/c1-14(2,3)16-12(18)10-17(4)13(19)11-8-6-5-7-9-15-11/h11,15H,5-10H2,1-4H3,(H,16,18). The van der Waals surface area contributed by atoms with E-state index in [4.69, 9.17) is 0 Å². The predicted octanol–water partition coefficient (Wildman–Crippen LogP) is 0.892. The highest BCUT2D eigenvalue weighted by Gasteiger charge is 2.24. The van der Waals surface area contributed by atoms with Gasteiger partial charge in [-0.2, -0.15) is 0 Å². The van der Waals surface area contributed by atoms with Crippen LogP contribution in [0.1, 0.15) is 46.5 Å². The van der Waals surface area contributed by atoms with Gasteiger partial charge < -0.3 is 15.5 Å². The van der Waals surface area contributed by atoms with Gasteiger partial charge in [-0.15, -0.1) is 0 Å². The summed E-state index contributed by atoms with van der Waals surface area (Å²) >= 11 is 0. The van der Waals surface area contributed by atoms with Crippen molar-refractivity contribution in [3.8, 4) is 0 Å². The zero-order valence-electron chi connectivity index (χ0n) is 12.6. The second kappa shape index (κ2) is 6.89. The molecular formula is C14H27N3O2. The second-order valence-corrected chi connectivity index (χ2v) is 6.35. The van der Waals surface area contributed by atoms with Gasteiger partial charge in [0.05, 0.1) is 12.6 Å². The van der Waals surface area contributed by atoms with Crippen LogP contribution >= 0.6 is 0 Å². The molecule has 0 bridgehead atoms. The molecule has 2 N–H and O–H groups in total. The van der Waals surface area contributed by atoms with Crippen molar-refractivity contribution in [2.45, 2.75) is 58.0 Å². The Kier molecular flexibility index (Phi) is 5.79. The molecule has 0 aliphatic carbocycles. The van der Waals surface area contributed by atoms with Crippen molar-refractivity contribution in [1.82, 2.24) is 15.5 Å². The molecule has 1 aliphatic rings. The number of carbonyl (C=O) groups excluding carboxylic acids is 2. The van der Waals surface area contributed by atoms with Crippen LogP contribution in [0.3, 0.4) is 0 Å². The van der Waals surface area contributed by atoms with Crippen LogP contribution in [0, 0.1) is 0 Å². The lowest BCUT2D eigenvalue weighted by Crippen LogP contribution is -2.50. The van der Waals surface area contributed by atoms with E-state index < -0.39 is 0 Å². The van der Waals surface area contributed by atoms with E-state index >= 15 is 0 Å². The Morgan fingerprint density at radius 3 is 2.58 bits per heavy atom. The third kappa shape index (κ3) is 6.05. The number of carbonyl (C=O) groups is 2. The lowest BCUT2D eigenvalue weighted by atomic mass is 10.1. The summed E-state index contributed by atoms with van der Waals surface area (Å²) < 4.78 is 0. The molecule has 110 valence electrons. The molecule has 1 heterocycles. The molecule has 1 saturated heterocycles. The van der Waals surface area contributed by atoms with Gasteiger partial charge in [0.2, 0.25) is 11.8 Å². The number of amides is 2. The van der Waals surface area contributed by atoms with Crippen LogP contribution in [0.4, 0.5) is 0 Å². The lowest BCUT2D eigenvalue weighted by molar-refractivity contribution is -0.136. The van der Waals surface area contributed by atoms with Crippen molar-refractivity contribution in [2.75, 3.05) is 20.1 Å². The van der Waals surface area contributed by atoms with Gasteiger partial charge in [-0.25, -0.2) is 0 Å². The van der Waals surface area contributed by atoms with Gasteiger partial charge in [-0.05, 0) is 40.2 Å². The first-order chi connectivity index (χ1) is 8.79. The molecule has 0 aromatic rings. The van der Waals surface area contributed by atoms with Crippen molar-refractivity contribution in [2.24, 2.45) is 0 Å². The van der Waals surface area contributed by atoms with E-state index in [0.29, 0.717) is 0 Å². The number of nitrogens with one attached hydrogen (secondary N) is 2. The molecule has 5 heteroatoms. The Balaban J connectivity index is 2.45. The van der Waals surface area contributed by atoms with Crippen LogP contribution in [-0.4, -0.2) is 48.4 Å². The van der Waals surface area contributed by atoms with Crippen LogP contribution in [0.2, 0.25) is 0 Å². The SMILES string of the molecule is CN(CC(=O)NC(C)(C)C)C(=O)C1CCCCCN1. The van der Waals surface area contributed by atoms with Gasteiger partial charge in [0.15, 0.2) is 0 Å². The molecule has 2 amide bonds. The van der Waals surface area contributed by atoms with E-state index in [1.54, 1.807) is 7.05 Å². The van der Waals surface area contributed by atoms with Crippen LogP contribution in [0.25, 0.3) is 0 Å². The minimum absolute atomic E-state index is 0.0194. The summed E-state index contributed by atoms with van der Waals surface area (Å²) in [7, 11) is 1.69. The summed E-state index contributed by atoms with van der Waals surface area (Å²) in [6.07, 6.45) is 4.23. The van der Waals surface area contributed by atoms with Gasteiger partial charge in [0.25, 0.3) is 0 Å². The minimum Gasteiger partial charge on any atom is -0.350 e. The maximum Gasteiger partial charge on any atom is 0.240 e. The summed E-state index contributed by atoms with van der Waals surface area (Å²) in [5.41, 5.74) is -0.262. The van der Waals surface area contributed by atoms with Gasteiger partial charge in [-0.3, -0.25) is 9.59 Å². The van der Waals surface area contributed by atoms with Crippen molar-refractivity contribution >= 4 is 11.8 Å². The first kappa shape index (κ1) is 16.0. The number of hydrogen-bond donors (Lipinski definition) is 2. The quantitative estimate of drug-likeness (QED) is 0.800. The first-order valence-corrected chi connectivity index (χ1v) is 7.09. The molecule has 0 aromatic heterocycles. The minimum atomic E-state index is -0.262. The molecule has 1 aliphatic heterocycles. The molecule has 1 atom stereocenters. The number of rotatable bonds is 3. The number of nitrogens with zero attached hydrogens (tertiary/aromatic N) is 1. The zero-order chi connectivity index (χ0) is 14.5. The third-order valence-corrected chi connectivity index (χ3v) is 3.13. The average Bonchev–Trinajstić information content (AvgIpc) is 2.53. The predicted molar refractivity (Wildman–Crippen MR) is 75.8 cm³/mol. The summed E-state index contributed by atoms with van der Waals surface area (Å²) in [5.74, 6) is -0.0945. The molecule has 1 unspecified atom stereocenters. The maximum atomic E-state index is 12.2. The molecule has 0 saturated carbocycles. The molecule has 0 spiro atoms. The summed E-state index contributed by atoms with van der Waals surface area (Å²) in [6, 6.07) is -0.130. The number of likely N-dealkylation sites (N-methyl/N-ethyl adjacent to an activating group) is 1. The van der Waals surface area contributed by atoms with E-state index in [1.165, 1.54) is 11.3 Å². The number of hydrogen-bond acceptors (Lipinski definition) is 3. The smallest absolute Gasteiger partial charge is 0.240 e. The van der Waals surface area contributed by atoms with Crippen LogP contribution in [-0.2, 0) is 9.59 Å². The largest absolute Gasteiger partial charge is 0.350 e. The second-order valence-electron chi connectivity index (χ2n) is 6.35. The highest BCUT2D eigenvalue weighted by molar-refractivity contribution is 5.87. The first-order valence-electron chi connectivity index (χ1n) is 7.09. The third-order valence-electron chi connectivity index (χ3n) is 3.13. The van der Waals surface area contributed by atoms with Crippen LogP contribution < -0.4 is 10.6 Å². The molecule has 1 fully saturated rings. The Morgan fingerprint density at radius 2 is 1.95 bits per heavy atom. The highest BCUT2D eigenvalue weighted by Crippen LogP contribution is 2.10. The van der Waals surface area contributed by atoms with Gasteiger partial charge in [-0.1, -0.05) is 12.8 Å². The molecule has 1 rings (SSSR count). The van der Waals surface area contributed by atoms with Crippen LogP contribution in [0.5, 0.6) is 0 Å².